The molecule has 1 unspecified atom stereocenters. The highest BCUT2D eigenvalue weighted by atomic mass is 16.3. The van der Waals surface area contributed by atoms with E-state index in [1.807, 2.05) is 33.7 Å². The largest absolute Gasteiger partial charge is 0.396 e. The third kappa shape index (κ3) is 2.54. The SMILES string of the molecule is O=C(Cn1cnc2ccccc21)N1CCC(CCO)C1. The molecule has 1 aromatic carbocycles. The van der Waals surface area contributed by atoms with Crippen molar-refractivity contribution in [3.8, 4) is 0 Å². The quantitative estimate of drug-likeness (QED) is 0.912. The van der Waals surface area contributed by atoms with Gasteiger partial charge in [-0.25, -0.2) is 4.98 Å². The lowest BCUT2D eigenvalue weighted by Gasteiger charge is -2.17. The number of likely N-dealkylation sites (tertiary alicyclic amines) is 1. The van der Waals surface area contributed by atoms with Crippen LogP contribution >= 0.6 is 0 Å². The molecule has 0 spiro atoms. The van der Waals surface area contributed by atoms with Gasteiger partial charge >= 0.3 is 0 Å². The lowest BCUT2D eigenvalue weighted by molar-refractivity contribution is -0.130. The molecule has 2 aromatic rings. The van der Waals surface area contributed by atoms with Crippen LogP contribution in [-0.4, -0.2) is 45.2 Å². The molecule has 2 heterocycles. The van der Waals surface area contributed by atoms with Crippen molar-refractivity contribution in [3.05, 3.63) is 30.6 Å². The maximum atomic E-state index is 12.3. The molecule has 20 heavy (non-hydrogen) atoms. The minimum absolute atomic E-state index is 0.133. The Bertz CT molecular complexity index is 608. The van der Waals surface area contributed by atoms with Gasteiger partial charge < -0.3 is 14.6 Å². The molecule has 1 amide bonds. The first-order valence-electron chi connectivity index (χ1n) is 7.06. The summed E-state index contributed by atoms with van der Waals surface area (Å²) >= 11 is 0. The number of aliphatic hydroxyl groups excluding tert-OH is 1. The topological polar surface area (TPSA) is 58.4 Å². The summed E-state index contributed by atoms with van der Waals surface area (Å²) in [6.07, 6.45) is 3.51. The number of carbonyl (C=O) groups is 1. The highest BCUT2D eigenvalue weighted by Crippen LogP contribution is 2.20. The Kier molecular flexibility index (Phi) is 3.69. The van der Waals surface area contributed by atoms with Gasteiger partial charge in [0.25, 0.3) is 0 Å². The summed E-state index contributed by atoms with van der Waals surface area (Å²) in [5, 5.41) is 8.96. The Hall–Kier alpha value is -1.88. The molecule has 1 aliphatic rings. The van der Waals surface area contributed by atoms with E-state index in [0.717, 1.165) is 37.0 Å². The van der Waals surface area contributed by atoms with Gasteiger partial charge in [0.05, 0.1) is 17.4 Å². The van der Waals surface area contributed by atoms with Crippen LogP contribution in [0.3, 0.4) is 0 Å². The van der Waals surface area contributed by atoms with Crippen LogP contribution < -0.4 is 0 Å². The Balaban J connectivity index is 1.67. The Labute approximate surface area is 117 Å². The van der Waals surface area contributed by atoms with Crippen molar-refractivity contribution in [1.82, 2.24) is 14.5 Å². The van der Waals surface area contributed by atoms with Crippen LogP contribution in [0.4, 0.5) is 0 Å². The molecule has 3 rings (SSSR count). The predicted molar refractivity (Wildman–Crippen MR) is 76.1 cm³/mol. The van der Waals surface area contributed by atoms with Gasteiger partial charge in [-0.15, -0.1) is 0 Å². The number of para-hydroxylation sites is 2. The number of carbonyl (C=O) groups excluding carboxylic acids is 1. The van der Waals surface area contributed by atoms with Crippen LogP contribution in [0.1, 0.15) is 12.8 Å². The van der Waals surface area contributed by atoms with Crippen molar-refractivity contribution in [1.29, 1.82) is 0 Å². The molecular weight excluding hydrogens is 254 g/mol. The fraction of sp³-hybridized carbons (Fsp3) is 0.467. The van der Waals surface area contributed by atoms with E-state index in [2.05, 4.69) is 4.98 Å². The van der Waals surface area contributed by atoms with Crippen LogP contribution in [-0.2, 0) is 11.3 Å². The number of hydrogen-bond donors (Lipinski definition) is 1. The van der Waals surface area contributed by atoms with Gasteiger partial charge in [-0.3, -0.25) is 4.79 Å². The molecule has 0 bridgehead atoms. The van der Waals surface area contributed by atoms with Crippen molar-refractivity contribution < 1.29 is 9.90 Å². The molecule has 1 saturated heterocycles. The average molecular weight is 273 g/mol. The number of aromatic nitrogens is 2. The molecule has 0 aliphatic carbocycles. The van der Waals surface area contributed by atoms with Gasteiger partial charge in [0.15, 0.2) is 0 Å². The summed E-state index contributed by atoms with van der Waals surface area (Å²) in [6, 6.07) is 7.83. The third-order valence-electron chi connectivity index (χ3n) is 4.01. The second kappa shape index (κ2) is 5.63. The van der Waals surface area contributed by atoms with E-state index in [-0.39, 0.29) is 12.5 Å². The minimum atomic E-state index is 0.133. The predicted octanol–water partition coefficient (Wildman–Crippen LogP) is 1.27. The van der Waals surface area contributed by atoms with Crippen LogP contribution in [0.2, 0.25) is 0 Å². The molecule has 1 aliphatic heterocycles. The van der Waals surface area contributed by atoms with Crippen LogP contribution in [0.25, 0.3) is 11.0 Å². The lowest BCUT2D eigenvalue weighted by Crippen LogP contribution is -2.31. The zero-order valence-electron chi connectivity index (χ0n) is 11.4. The zero-order valence-corrected chi connectivity index (χ0v) is 11.4. The third-order valence-corrected chi connectivity index (χ3v) is 4.01. The van der Waals surface area contributed by atoms with Crippen LogP contribution in [0.5, 0.6) is 0 Å². The van der Waals surface area contributed by atoms with Crippen molar-refractivity contribution >= 4 is 16.9 Å². The Morgan fingerprint density at radius 2 is 2.25 bits per heavy atom. The number of imidazole rings is 1. The monoisotopic (exact) mass is 273 g/mol. The Morgan fingerprint density at radius 1 is 1.40 bits per heavy atom. The van der Waals surface area contributed by atoms with Crippen LogP contribution in [0.15, 0.2) is 30.6 Å². The summed E-state index contributed by atoms with van der Waals surface area (Å²) in [7, 11) is 0. The maximum absolute atomic E-state index is 12.3. The first-order valence-corrected chi connectivity index (χ1v) is 7.06. The van der Waals surface area contributed by atoms with Gasteiger partial charge in [0, 0.05) is 19.7 Å². The molecule has 1 atom stereocenters. The smallest absolute Gasteiger partial charge is 0.242 e. The molecule has 106 valence electrons. The zero-order chi connectivity index (χ0) is 13.9. The standard InChI is InChI=1S/C15H19N3O2/c19-8-6-12-5-7-17(9-12)15(20)10-18-11-16-13-3-1-2-4-14(13)18/h1-4,11-12,19H,5-10H2. The Morgan fingerprint density at radius 3 is 3.10 bits per heavy atom. The molecule has 5 heteroatoms. The van der Waals surface area contributed by atoms with Gasteiger partial charge in [0.2, 0.25) is 5.91 Å². The van der Waals surface area contributed by atoms with Gasteiger partial charge in [-0.1, -0.05) is 12.1 Å². The summed E-state index contributed by atoms with van der Waals surface area (Å²) in [4.78, 5) is 18.5. The lowest BCUT2D eigenvalue weighted by atomic mass is 10.1. The number of nitrogens with zero attached hydrogens (tertiary/aromatic N) is 3. The second-order valence-corrected chi connectivity index (χ2v) is 5.37. The number of aliphatic hydroxyl groups is 1. The molecule has 0 saturated carbocycles. The number of benzene rings is 1. The molecule has 1 fully saturated rings. The fourth-order valence-electron chi connectivity index (χ4n) is 2.86. The van der Waals surface area contributed by atoms with Crippen molar-refractivity contribution in [2.75, 3.05) is 19.7 Å². The van der Waals surface area contributed by atoms with Gasteiger partial charge in [-0.2, -0.15) is 0 Å². The number of fused-ring (bicyclic) bond motifs is 1. The van der Waals surface area contributed by atoms with Crippen molar-refractivity contribution in [3.63, 3.8) is 0 Å². The summed E-state index contributed by atoms with van der Waals surface area (Å²) in [5.41, 5.74) is 1.91. The number of amides is 1. The molecule has 0 radical (unpaired) electrons. The second-order valence-electron chi connectivity index (χ2n) is 5.37. The average Bonchev–Trinajstić information content (AvgIpc) is 3.07. The van der Waals surface area contributed by atoms with Crippen molar-refractivity contribution in [2.24, 2.45) is 5.92 Å². The maximum Gasteiger partial charge on any atom is 0.242 e. The van der Waals surface area contributed by atoms with E-state index in [1.54, 1.807) is 6.33 Å². The number of hydrogen-bond acceptors (Lipinski definition) is 3. The van der Waals surface area contributed by atoms with Crippen LogP contribution in [0, 0.1) is 5.92 Å². The van der Waals surface area contributed by atoms with E-state index in [1.165, 1.54) is 0 Å². The number of rotatable bonds is 4. The van der Waals surface area contributed by atoms with Gasteiger partial charge in [-0.05, 0) is 30.9 Å². The summed E-state index contributed by atoms with van der Waals surface area (Å²) in [6.45, 7) is 2.12. The molecule has 5 nitrogen and oxygen atoms in total. The first-order chi connectivity index (χ1) is 9.78. The van der Waals surface area contributed by atoms with E-state index in [9.17, 15) is 4.79 Å². The van der Waals surface area contributed by atoms with E-state index in [0.29, 0.717) is 12.5 Å². The highest BCUT2D eigenvalue weighted by Gasteiger charge is 2.25. The molecule has 1 N–H and O–H groups in total. The minimum Gasteiger partial charge on any atom is -0.396 e. The summed E-state index contributed by atoms with van der Waals surface area (Å²) < 4.78 is 1.90. The normalized spacial score (nSPS) is 18.9. The van der Waals surface area contributed by atoms with Gasteiger partial charge in [0.1, 0.15) is 6.54 Å². The van der Waals surface area contributed by atoms with E-state index < -0.39 is 0 Å². The molecular formula is C15H19N3O2. The summed E-state index contributed by atoms with van der Waals surface area (Å²) in [5.74, 6) is 0.581. The fourth-order valence-corrected chi connectivity index (χ4v) is 2.86. The molecule has 1 aromatic heterocycles. The first kappa shape index (κ1) is 13.1. The van der Waals surface area contributed by atoms with E-state index in [4.69, 9.17) is 5.11 Å². The van der Waals surface area contributed by atoms with E-state index >= 15 is 0 Å². The highest BCUT2D eigenvalue weighted by molar-refractivity contribution is 5.80. The van der Waals surface area contributed by atoms with Crippen molar-refractivity contribution in [2.45, 2.75) is 19.4 Å².